The Hall–Kier alpha value is -1.88. The molecule has 14 nitrogen and oxygen atoms in total. The number of anilines is 1. The van der Waals surface area contributed by atoms with Crippen molar-refractivity contribution in [2.24, 2.45) is 12.2 Å². The zero-order valence-electron chi connectivity index (χ0n) is 18.1. The van der Waals surface area contributed by atoms with Crippen molar-refractivity contribution >= 4 is 66.2 Å². The summed E-state index contributed by atoms with van der Waals surface area (Å²) in [4.78, 5) is 49.1. The number of nitrogens with zero attached hydrogens (tertiary/aromatic N) is 7. The molecule has 2 aliphatic heterocycles. The van der Waals surface area contributed by atoms with Crippen molar-refractivity contribution in [3.8, 4) is 0 Å². The van der Waals surface area contributed by atoms with Crippen LogP contribution in [0.3, 0.4) is 0 Å². The first-order valence-electron chi connectivity index (χ1n) is 9.18. The van der Waals surface area contributed by atoms with Gasteiger partial charge in [0, 0.05) is 7.05 Å². The SMILES string of the molecule is CO/N=C(\C(=O)N[C@@H]1C(=O)N2C(C(=O)[O-])=C(CSc3nnnn3C)CS[C@H]12)c1c[se]c(N)n1.[Na+]. The summed E-state index contributed by atoms with van der Waals surface area (Å²) in [5, 5.41) is 29.2. The molecule has 18 heteroatoms. The molecule has 2 atom stereocenters. The number of β-lactam (4-membered cyclic amide) rings is 1. The van der Waals surface area contributed by atoms with Gasteiger partial charge in [0.2, 0.25) is 5.16 Å². The van der Waals surface area contributed by atoms with Gasteiger partial charge >= 0.3 is 198 Å². The van der Waals surface area contributed by atoms with Crippen molar-refractivity contribution in [1.29, 1.82) is 0 Å². The Labute approximate surface area is 229 Å². The standard InChI is InChI=1S/C16H17N9O5S2Se.Na/c1-24-16(20-22-23-24)32-4-6-3-31-13-9(12(27)25(13)10(6)14(28)29)19-11(26)8(21-30-2)7-5-33-15(17)18-7;/h5,9,13H,3-4H2,1-2H3,(H2,17,18)(H,19,26)(H,28,29);/q;+1/p-1/b21-8-;/t9-,13-;/m1./s1. The van der Waals surface area contributed by atoms with Gasteiger partial charge in [0.1, 0.15) is 0 Å². The van der Waals surface area contributed by atoms with Gasteiger partial charge in [-0.1, -0.05) is 0 Å². The van der Waals surface area contributed by atoms with E-state index in [0.29, 0.717) is 21.2 Å². The number of oxime groups is 1. The Kier molecular flexibility index (Phi) is 8.83. The summed E-state index contributed by atoms with van der Waals surface area (Å²) >= 11 is 2.38. The zero-order valence-corrected chi connectivity index (χ0v) is 23.5. The topological polar surface area (TPSA) is 194 Å². The van der Waals surface area contributed by atoms with Crippen LogP contribution in [-0.2, 0) is 26.3 Å². The zero-order chi connectivity index (χ0) is 23.7. The normalized spacial score (nSPS) is 19.8. The second-order valence-electron chi connectivity index (χ2n) is 6.67. The molecule has 2 aliphatic rings. The molecule has 0 bridgehead atoms. The number of tetrazole rings is 1. The number of carbonyl (C=O) groups is 3. The number of nitrogens with two attached hydrogens (primary N) is 1. The van der Waals surface area contributed by atoms with Crippen LogP contribution in [0.1, 0.15) is 5.69 Å². The van der Waals surface area contributed by atoms with Crippen LogP contribution in [0.25, 0.3) is 0 Å². The number of aromatic nitrogens is 5. The van der Waals surface area contributed by atoms with Crippen molar-refractivity contribution < 1.29 is 53.9 Å². The van der Waals surface area contributed by atoms with Crippen molar-refractivity contribution in [3.63, 3.8) is 0 Å². The van der Waals surface area contributed by atoms with Crippen molar-refractivity contribution in [1.82, 2.24) is 35.4 Å². The summed E-state index contributed by atoms with van der Waals surface area (Å²) in [6.45, 7) is 0. The molecule has 4 heterocycles. The van der Waals surface area contributed by atoms with E-state index < -0.39 is 29.2 Å². The number of carboxylic acids is 1. The number of aryl methyl sites for hydroxylation is 1. The Bertz CT molecular complexity index is 1190. The fourth-order valence-corrected chi connectivity index (χ4v) is 6.66. The molecule has 0 radical (unpaired) electrons. The molecule has 0 saturated carbocycles. The van der Waals surface area contributed by atoms with E-state index in [-0.39, 0.29) is 66.9 Å². The van der Waals surface area contributed by atoms with Gasteiger partial charge in [0.25, 0.3) is 0 Å². The number of thioether (sulfide) groups is 2. The minimum atomic E-state index is -1.46. The number of hydrogen-bond acceptors (Lipinski definition) is 13. The number of hydrogen-bond donors (Lipinski definition) is 2. The average Bonchev–Trinajstić information content (AvgIpc) is 3.40. The molecule has 0 aromatic carbocycles. The van der Waals surface area contributed by atoms with Crippen LogP contribution < -0.4 is 45.7 Å². The number of carboxylic acid groups (broad SMARTS) is 1. The fraction of sp³-hybridized carbons (Fsp3) is 0.375. The summed E-state index contributed by atoms with van der Waals surface area (Å²) in [6.07, 6.45) is 0. The molecule has 34 heavy (non-hydrogen) atoms. The molecule has 4 rings (SSSR count). The molecular weight excluding hydrogens is 564 g/mol. The number of fused-ring (bicyclic) bond motifs is 1. The Morgan fingerprint density at radius 1 is 1.50 bits per heavy atom. The predicted molar refractivity (Wildman–Crippen MR) is 116 cm³/mol. The van der Waals surface area contributed by atoms with Gasteiger partial charge in [-0.25, -0.2) is 4.68 Å². The quantitative estimate of drug-likeness (QED) is 0.0988. The fourth-order valence-electron chi connectivity index (χ4n) is 3.18. The van der Waals surface area contributed by atoms with Crippen molar-refractivity contribution in [3.05, 3.63) is 21.9 Å². The molecule has 3 N–H and O–H groups in total. The minimum Gasteiger partial charge on any atom is 1.00 e. The predicted octanol–water partition coefficient (Wildman–Crippen LogP) is -6.21. The maximum absolute atomic E-state index is 12.8. The van der Waals surface area contributed by atoms with E-state index in [4.69, 9.17) is 10.6 Å². The molecular formula is C16H16N9NaO5S2Se. The van der Waals surface area contributed by atoms with E-state index in [9.17, 15) is 19.5 Å². The molecule has 2 aromatic rings. The summed E-state index contributed by atoms with van der Waals surface area (Å²) in [7, 11) is 2.94. The molecule has 0 spiro atoms. The third kappa shape index (κ3) is 5.19. The Morgan fingerprint density at radius 2 is 2.26 bits per heavy atom. The molecule has 1 fully saturated rings. The molecule has 2 aromatic heterocycles. The van der Waals surface area contributed by atoms with Crippen LogP contribution in [-0.4, -0.2) is 98.1 Å². The van der Waals surface area contributed by atoms with Crippen LogP contribution in [0.5, 0.6) is 0 Å². The first-order chi connectivity index (χ1) is 15.8. The maximum Gasteiger partial charge on any atom is 1.00 e. The van der Waals surface area contributed by atoms with Crippen LogP contribution in [0.4, 0.5) is 4.69 Å². The van der Waals surface area contributed by atoms with Gasteiger partial charge in [-0.3, -0.25) is 0 Å². The van der Waals surface area contributed by atoms with E-state index in [1.165, 1.54) is 35.3 Å². The largest absolute Gasteiger partial charge is 1.00 e. The number of amides is 2. The van der Waals surface area contributed by atoms with Gasteiger partial charge in [-0.2, -0.15) is 0 Å². The first kappa shape index (κ1) is 26.7. The third-order valence-corrected chi connectivity index (χ3v) is 8.50. The number of carbonyl (C=O) groups excluding carboxylic acids is 3. The van der Waals surface area contributed by atoms with E-state index in [1.54, 1.807) is 12.0 Å². The van der Waals surface area contributed by atoms with Crippen molar-refractivity contribution in [2.75, 3.05) is 24.3 Å². The van der Waals surface area contributed by atoms with E-state index >= 15 is 0 Å². The van der Waals surface area contributed by atoms with E-state index in [2.05, 4.69) is 31.0 Å². The van der Waals surface area contributed by atoms with Crippen molar-refractivity contribution in [2.45, 2.75) is 16.6 Å². The van der Waals surface area contributed by atoms with Crippen LogP contribution in [0.15, 0.2) is 26.5 Å². The third-order valence-electron chi connectivity index (χ3n) is 4.65. The number of nitrogens with one attached hydrogen (secondary N) is 1. The minimum absolute atomic E-state index is 0. The van der Waals surface area contributed by atoms with Gasteiger partial charge in [-0.05, 0) is 10.4 Å². The number of aliphatic carboxylic acids is 1. The van der Waals surface area contributed by atoms with Crippen LogP contribution in [0, 0.1) is 0 Å². The van der Waals surface area contributed by atoms with Gasteiger partial charge in [-0.15, -0.1) is 5.10 Å². The Morgan fingerprint density at radius 3 is 2.85 bits per heavy atom. The number of nitrogen functional groups attached to an aromatic ring is 1. The Balaban J connectivity index is 0.00000324. The van der Waals surface area contributed by atoms with Crippen LogP contribution in [0.2, 0.25) is 0 Å². The van der Waals surface area contributed by atoms with E-state index in [1.807, 2.05) is 0 Å². The maximum atomic E-state index is 12.8. The first-order valence-corrected chi connectivity index (χ1v) is 13.1. The van der Waals surface area contributed by atoms with Gasteiger partial charge < -0.3 is 0 Å². The molecule has 0 unspecified atom stereocenters. The second kappa shape index (κ2) is 11.2. The van der Waals surface area contributed by atoms with Crippen LogP contribution >= 0.6 is 23.5 Å². The van der Waals surface area contributed by atoms with E-state index in [0.717, 1.165) is 4.90 Å². The molecule has 174 valence electrons. The summed E-state index contributed by atoms with van der Waals surface area (Å²) in [6, 6.07) is -0.940. The summed E-state index contributed by atoms with van der Waals surface area (Å²) < 4.78 is 1.84. The summed E-state index contributed by atoms with van der Waals surface area (Å²) in [5.74, 6) is -2.11. The van der Waals surface area contributed by atoms with Gasteiger partial charge in [0.15, 0.2) is 0 Å². The molecule has 2 amide bonds. The monoisotopic (exact) mass is 581 g/mol. The molecule has 1 saturated heterocycles. The smallest absolute Gasteiger partial charge is 1.00 e. The average molecular weight is 580 g/mol. The van der Waals surface area contributed by atoms with Gasteiger partial charge in [0.05, 0.1) is 0 Å². The number of rotatable bonds is 8. The summed E-state index contributed by atoms with van der Waals surface area (Å²) in [5.41, 5.74) is 6.14. The second-order valence-corrected chi connectivity index (χ2v) is 10.6. The molecule has 0 aliphatic carbocycles.